The summed E-state index contributed by atoms with van der Waals surface area (Å²) in [6.07, 6.45) is 0.655. The Bertz CT molecular complexity index is 579. The second kappa shape index (κ2) is 7.32. The molecule has 7 nitrogen and oxygen atoms in total. The lowest BCUT2D eigenvalue weighted by molar-refractivity contribution is 0.0730. The molecule has 3 N–H and O–H groups in total. The average molecular weight is 333 g/mol. The normalized spacial score (nSPS) is 16.8. The van der Waals surface area contributed by atoms with Gasteiger partial charge in [0.05, 0.1) is 13.2 Å². The highest BCUT2D eigenvalue weighted by Crippen LogP contribution is 2.25. The molecule has 21 heavy (non-hydrogen) atoms. The Hall–Kier alpha value is -1.00. The zero-order valence-corrected chi connectivity index (χ0v) is 13.2. The number of morpholine rings is 1. The highest BCUT2D eigenvalue weighted by atomic mass is 32.2. The van der Waals surface area contributed by atoms with E-state index in [4.69, 9.17) is 10.5 Å². The number of nitrogens with two attached hydrogens (primary N) is 1. The van der Waals surface area contributed by atoms with Crippen LogP contribution in [0.2, 0.25) is 0 Å². The molecule has 9 heteroatoms. The summed E-state index contributed by atoms with van der Waals surface area (Å²) in [6.45, 7) is 2.29. The van der Waals surface area contributed by atoms with Gasteiger partial charge in [0.1, 0.15) is 9.77 Å². The molecule has 1 saturated heterocycles. The molecule has 0 unspecified atom stereocenters. The van der Waals surface area contributed by atoms with E-state index < -0.39 is 10.0 Å². The van der Waals surface area contributed by atoms with Crippen LogP contribution in [-0.2, 0) is 14.8 Å². The van der Waals surface area contributed by atoms with Crippen molar-refractivity contribution < 1.29 is 17.9 Å². The minimum absolute atomic E-state index is 0.0691. The van der Waals surface area contributed by atoms with E-state index in [0.29, 0.717) is 45.8 Å². The fraction of sp³-hybridized carbons (Fsp3) is 0.583. The molecule has 0 bridgehead atoms. The van der Waals surface area contributed by atoms with Crippen molar-refractivity contribution in [1.29, 1.82) is 0 Å². The Kier molecular flexibility index (Phi) is 5.71. The van der Waals surface area contributed by atoms with Crippen LogP contribution in [0.4, 0.5) is 0 Å². The van der Waals surface area contributed by atoms with Crippen molar-refractivity contribution in [2.24, 2.45) is 5.73 Å². The van der Waals surface area contributed by atoms with Crippen LogP contribution in [0.3, 0.4) is 0 Å². The first-order chi connectivity index (χ1) is 10.1. The van der Waals surface area contributed by atoms with Crippen molar-refractivity contribution in [3.8, 4) is 0 Å². The van der Waals surface area contributed by atoms with Gasteiger partial charge in [0.25, 0.3) is 5.91 Å². The molecule has 1 aliphatic heterocycles. The van der Waals surface area contributed by atoms with E-state index in [1.54, 1.807) is 5.38 Å². The fourth-order valence-corrected chi connectivity index (χ4v) is 4.70. The summed E-state index contributed by atoms with van der Waals surface area (Å²) < 4.78 is 31.7. The number of rotatable bonds is 6. The average Bonchev–Trinajstić information content (AvgIpc) is 2.98. The molecule has 0 atom stereocenters. The maximum atomic E-state index is 12.6. The highest BCUT2D eigenvalue weighted by Gasteiger charge is 2.31. The number of carbonyl (C=O) groups is 1. The molecule has 0 aromatic carbocycles. The van der Waals surface area contributed by atoms with Crippen LogP contribution in [-0.4, -0.2) is 58.0 Å². The molecule has 0 saturated carbocycles. The Morgan fingerprint density at radius 1 is 1.43 bits per heavy atom. The quantitative estimate of drug-likeness (QED) is 0.705. The van der Waals surface area contributed by atoms with Crippen LogP contribution in [0.25, 0.3) is 0 Å². The fourth-order valence-electron chi connectivity index (χ4n) is 1.98. The van der Waals surface area contributed by atoms with Gasteiger partial charge in [-0.2, -0.15) is 4.31 Å². The number of hydrogen-bond donors (Lipinski definition) is 2. The summed E-state index contributed by atoms with van der Waals surface area (Å²) in [5.41, 5.74) is 5.37. The van der Waals surface area contributed by atoms with Gasteiger partial charge < -0.3 is 15.8 Å². The van der Waals surface area contributed by atoms with Gasteiger partial charge in [-0.1, -0.05) is 0 Å². The van der Waals surface area contributed by atoms with Crippen LogP contribution in [0.5, 0.6) is 0 Å². The van der Waals surface area contributed by atoms with Crippen LogP contribution in [0, 0.1) is 0 Å². The van der Waals surface area contributed by atoms with E-state index in [1.807, 2.05) is 0 Å². The Labute approximate surface area is 128 Å². The standard InChI is InChI=1S/C12H19N3O4S2/c13-3-1-4-14-12(16)11-10(2-9-20-11)21(17,18)15-5-7-19-8-6-15/h2,9H,1,3-8,13H2,(H,14,16). The molecule has 1 amide bonds. The van der Waals surface area contributed by atoms with E-state index in [-0.39, 0.29) is 15.7 Å². The van der Waals surface area contributed by atoms with Gasteiger partial charge in [-0.15, -0.1) is 11.3 Å². The van der Waals surface area contributed by atoms with Crippen molar-refractivity contribution in [3.63, 3.8) is 0 Å². The molecular weight excluding hydrogens is 314 g/mol. The minimum Gasteiger partial charge on any atom is -0.379 e. The van der Waals surface area contributed by atoms with Gasteiger partial charge in [-0.25, -0.2) is 8.42 Å². The lowest BCUT2D eigenvalue weighted by Crippen LogP contribution is -2.41. The summed E-state index contributed by atoms with van der Waals surface area (Å²) in [4.78, 5) is 12.4. The molecule has 1 aromatic heterocycles. The van der Waals surface area contributed by atoms with Gasteiger partial charge in [0.15, 0.2) is 0 Å². The van der Waals surface area contributed by atoms with Crippen molar-refractivity contribution in [2.75, 3.05) is 39.4 Å². The molecule has 1 fully saturated rings. The Morgan fingerprint density at radius 2 is 2.14 bits per heavy atom. The summed E-state index contributed by atoms with van der Waals surface area (Å²) in [5.74, 6) is -0.370. The maximum absolute atomic E-state index is 12.6. The van der Waals surface area contributed by atoms with Gasteiger partial charge in [0, 0.05) is 19.6 Å². The second-order valence-corrected chi connectivity index (χ2v) is 7.35. The topological polar surface area (TPSA) is 102 Å². The molecule has 0 spiro atoms. The van der Waals surface area contributed by atoms with Crippen LogP contribution < -0.4 is 11.1 Å². The predicted octanol–water partition coefficient (Wildman–Crippen LogP) is -0.152. The highest BCUT2D eigenvalue weighted by molar-refractivity contribution is 7.89. The summed E-state index contributed by atoms with van der Waals surface area (Å²) in [6, 6.07) is 1.48. The second-order valence-electron chi connectivity index (χ2n) is 4.53. The Balaban J connectivity index is 2.16. The molecule has 1 aliphatic rings. The molecule has 118 valence electrons. The van der Waals surface area contributed by atoms with Gasteiger partial charge in [0.2, 0.25) is 10.0 Å². The number of sulfonamides is 1. The van der Waals surface area contributed by atoms with E-state index in [2.05, 4.69) is 5.32 Å². The summed E-state index contributed by atoms with van der Waals surface area (Å²) in [7, 11) is -3.65. The van der Waals surface area contributed by atoms with Crippen LogP contribution in [0.15, 0.2) is 16.3 Å². The van der Waals surface area contributed by atoms with Crippen molar-refractivity contribution >= 4 is 27.3 Å². The van der Waals surface area contributed by atoms with Gasteiger partial charge >= 0.3 is 0 Å². The van der Waals surface area contributed by atoms with Crippen LogP contribution in [0.1, 0.15) is 16.1 Å². The number of nitrogens with zero attached hydrogens (tertiary/aromatic N) is 1. The van der Waals surface area contributed by atoms with Gasteiger partial charge in [-0.05, 0) is 24.4 Å². The monoisotopic (exact) mass is 333 g/mol. The molecule has 2 heterocycles. The van der Waals surface area contributed by atoms with Crippen molar-refractivity contribution in [1.82, 2.24) is 9.62 Å². The lowest BCUT2D eigenvalue weighted by atomic mass is 10.4. The number of ether oxygens (including phenoxy) is 1. The number of hydrogen-bond acceptors (Lipinski definition) is 6. The smallest absolute Gasteiger partial charge is 0.262 e. The predicted molar refractivity (Wildman–Crippen MR) is 79.9 cm³/mol. The third kappa shape index (κ3) is 3.80. The van der Waals surface area contributed by atoms with Crippen LogP contribution >= 0.6 is 11.3 Å². The largest absolute Gasteiger partial charge is 0.379 e. The van der Waals surface area contributed by atoms with E-state index >= 15 is 0 Å². The maximum Gasteiger partial charge on any atom is 0.262 e. The molecule has 1 aromatic rings. The molecule has 2 rings (SSSR count). The third-order valence-corrected chi connectivity index (χ3v) is 6.07. The van der Waals surface area contributed by atoms with E-state index in [1.165, 1.54) is 10.4 Å². The van der Waals surface area contributed by atoms with E-state index in [0.717, 1.165) is 11.3 Å². The molecular formula is C12H19N3O4S2. The Morgan fingerprint density at radius 3 is 2.81 bits per heavy atom. The first-order valence-corrected chi connectivity index (χ1v) is 9.03. The number of carbonyl (C=O) groups excluding carboxylic acids is 1. The number of nitrogens with one attached hydrogen (secondary N) is 1. The SMILES string of the molecule is NCCCNC(=O)c1sccc1S(=O)(=O)N1CCOCC1. The number of amides is 1. The van der Waals surface area contributed by atoms with Crippen molar-refractivity contribution in [2.45, 2.75) is 11.3 Å². The zero-order valence-electron chi connectivity index (χ0n) is 11.6. The molecule has 0 radical (unpaired) electrons. The molecule has 0 aliphatic carbocycles. The first kappa shape index (κ1) is 16.4. The van der Waals surface area contributed by atoms with Gasteiger partial charge in [-0.3, -0.25) is 4.79 Å². The summed E-state index contributed by atoms with van der Waals surface area (Å²) in [5, 5.41) is 4.30. The van der Waals surface area contributed by atoms with Crippen molar-refractivity contribution in [3.05, 3.63) is 16.3 Å². The minimum atomic E-state index is -3.65. The first-order valence-electron chi connectivity index (χ1n) is 6.71. The summed E-state index contributed by atoms with van der Waals surface area (Å²) >= 11 is 1.13. The zero-order chi connectivity index (χ0) is 15.3. The third-order valence-electron chi connectivity index (χ3n) is 3.09. The van der Waals surface area contributed by atoms with E-state index in [9.17, 15) is 13.2 Å². The number of thiophene rings is 1. The lowest BCUT2D eigenvalue weighted by Gasteiger charge is -2.26.